The maximum Gasteiger partial charge on any atom is 0.419 e. The van der Waals surface area contributed by atoms with E-state index in [2.05, 4.69) is 15.3 Å². The molecule has 3 rings (SSSR count). The van der Waals surface area contributed by atoms with Gasteiger partial charge in [0, 0.05) is 18.8 Å². The molecule has 0 unspecified atom stereocenters. The lowest BCUT2D eigenvalue weighted by atomic mass is 10.1. The van der Waals surface area contributed by atoms with Crippen LogP contribution in [0.3, 0.4) is 0 Å². The number of anilines is 1. The molecule has 0 aliphatic carbocycles. The average molecular weight is 484 g/mol. The number of hydrogen-bond acceptors (Lipinski definition) is 6. The van der Waals surface area contributed by atoms with Crippen molar-refractivity contribution in [3.8, 4) is 17.4 Å². The number of carbonyl (C=O) groups excluding carboxylic acids is 2. The van der Waals surface area contributed by atoms with Crippen LogP contribution in [-0.4, -0.2) is 28.8 Å². The van der Waals surface area contributed by atoms with Gasteiger partial charge in [0.25, 0.3) is 11.8 Å². The highest BCUT2D eigenvalue weighted by atomic mass is 35.5. The molecule has 0 aliphatic rings. The second kappa shape index (κ2) is 9.41. The van der Waals surface area contributed by atoms with Gasteiger partial charge in [0.2, 0.25) is 0 Å². The monoisotopic (exact) mass is 483 g/mol. The molecule has 7 nitrogen and oxygen atoms in total. The Morgan fingerprint density at radius 2 is 1.79 bits per heavy atom. The van der Waals surface area contributed by atoms with Crippen molar-refractivity contribution in [2.75, 3.05) is 12.4 Å². The van der Waals surface area contributed by atoms with E-state index in [1.165, 1.54) is 44.5 Å². The number of pyridine rings is 2. The van der Waals surface area contributed by atoms with Crippen LogP contribution in [0.5, 0.6) is 17.4 Å². The number of ether oxygens (including phenoxy) is 2. The van der Waals surface area contributed by atoms with Gasteiger partial charge in [-0.05, 0) is 36.4 Å². The molecule has 0 bridgehead atoms. The summed E-state index contributed by atoms with van der Waals surface area (Å²) >= 11 is 5.78. The summed E-state index contributed by atoms with van der Waals surface area (Å²) in [6.07, 6.45) is -3.87. The van der Waals surface area contributed by atoms with E-state index in [1.807, 2.05) is 0 Å². The summed E-state index contributed by atoms with van der Waals surface area (Å²) in [5.74, 6) is -4.33. The molecule has 33 heavy (non-hydrogen) atoms. The predicted octanol–water partition coefficient (Wildman–Crippen LogP) is 5.54. The molecule has 0 fully saturated rings. The standard InChI is InChI=1S/C21H14ClF4N3O4/c1-10(30)13-9-11(7-8-27-13)28-19(31)17-14(4-3-12(18(17)23)21(24,25)26)33-15-5-6-16(22)29-20(15)32-2/h3-9H,1-2H3,(H,27,28,31). The van der Waals surface area contributed by atoms with Gasteiger partial charge in [0.15, 0.2) is 17.3 Å². The molecule has 1 aromatic carbocycles. The van der Waals surface area contributed by atoms with Crippen LogP contribution >= 0.6 is 11.6 Å². The van der Waals surface area contributed by atoms with Crippen LogP contribution in [0.2, 0.25) is 5.15 Å². The van der Waals surface area contributed by atoms with Crippen molar-refractivity contribution in [3.63, 3.8) is 0 Å². The van der Waals surface area contributed by atoms with Crippen LogP contribution in [0.15, 0.2) is 42.6 Å². The first-order chi connectivity index (χ1) is 15.5. The molecule has 0 spiro atoms. The highest BCUT2D eigenvalue weighted by Crippen LogP contribution is 2.39. The summed E-state index contributed by atoms with van der Waals surface area (Å²) in [4.78, 5) is 32.0. The number of halogens is 5. The lowest BCUT2D eigenvalue weighted by Crippen LogP contribution is -2.19. The first-order valence-electron chi connectivity index (χ1n) is 9.07. The van der Waals surface area contributed by atoms with Crippen LogP contribution in [0.1, 0.15) is 33.3 Å². The van der Waals surface area contributed by atoms with Crippen LogP contribution in [-0.2, 0) is 6.18 Å². The Morgan fingerprint density at radius 1 is 1.09 bits per heavy atom. The van der Waals surface area contributed by atoms with E-state index in [-0.39, 0.29) is 28.2 Å². The van der Waals surface area contributed by atoms with Crippen molar-refractivity contribution in [3.05, 3.63) is 70.4 Å². The zero-order valence-electron chi connectivity index (χ0n) is 17.0. The lowest BCUT2D eigenvalue weighted by Gasteiger charge is -2.17. The van der Waals surface area contributed by atoms with Gasteiger partial charge < -0.3 is 14.8 Å². The van der Waals surface area contributed by atoms with Crippen LogP contribution in [0.4, 0.5) is 23.2 Å². The fraction of sp³-hybridized carbons (Fsp3) is 0.143. The zero-order chi connectivity index (χ0) is 24.3. The fourth-order valence-corrected chi connectivity index (χ4v) is 2.86. The van der Waals surface area contributed by atoms with E-state index >= 15 is 0 Å². The van der Waals surface area contributed by atoms with E-state index in [0.717, 1.165) is 6.07 Å². The molecule has 0 radical (unpaired) electrons. The normalized spacial score (nSPS) is 11.1. The molecule has 0 saturated carbocycles. The van der Waals surface area contributed by atoms with E-state index in [1.54, 1.807) is 0 Å². The molecule has 0 atom stereocenters. The maximum absolute atomic E-state index is 14.9. The zero-order valence-corrected chi connectivity index (χ0v) is 17.7. The summed E-state index contributed by atoms with van der Waals surface area (Å²) in [5.41, 5.74) is -2.69. The molecule has 172 valence electrons. The quantitative estimate of drug-likeness (QED) is 0.281. The van der Waals surface area contributed by atoms with Gasteiger partial charge in [-0.25, -0.2) is 4.39 Å². The second-order valence-electron chi connectivity index (χ2n) is 6.48. The molecule has 1 N–H and O–H groups in total. The molecule has 3 aromatic rings. The van der Waals surface area contributed by atoms with E-state index < -0.39 is 40.6 Å². The van der Waals surface area contributed by atoms with Gasteiger partial charge in [0.1, 0.15) is 22.2 Å². The van der Waals surface area contributed by atoms with Gasteiger partial charge in [-0.15, -0.1) is 0 Å². The summed E-state index contributed by atoms with van der Waals surface area (Å²) in [7, 11) is 1.24. The number of benzene rings is 1. The SMILES string of the molecule is COc1nc(Cl)ccc1Oc1ccc(C(F)(F)F)c(F)c1C(=O)Nc1ccnc(C(C)=O)c1. The molecule has 1 amide bonds. The highest BCUT2D eigenvalue weighted by molar-refractivity contribution is 6.29. The number of Topliss-reactive ketones (excluding diaryl/α,β-unsaturated/α-hetero) is 1. The summed E-state index contributed by atoms with van der Waals surface area (Å²) in [5, 5.41) is 2.29. The van der Waals surface area contributed by atoms with Crippen LogP contribution in [0, 0.1) is 5.82 Å². The highest BCUT2D eigenvalue weighted by Gasteiger charge is 2.37. The van der Waals surface area contributed by atoms with Crippen molar-refractivity contribution in [2.24, 2.45) is 0 Å². The van der Waals surface area contributed by atoms with Gasteiger partial charge in [0.05, 0.1) is 12.7 Å². The predicted molar refractivity (Wildman–Crippen MR) is 109 cm³/mol. The van der Waals surface area contributed by atoms with E-state index in [9.17, 15) is 27.2 Å². The van der Waals surface area contributed by atoms with Crippen LogP contribution in [0.25, 0.3) is 0 Å². The Balaban J connectivity index is 2.08. The first-order valence-corrected chi connectivity index (χ1v) is 9.45. The Hall–Kier alpha value is -3.73. The minimum absolute atomic E-state index is 0.00806. The van der Waals surface area contributed by atoms with Crippen molar-refractivity contribution in [1.29, 1.82) is 0 Å². The number of amides is 1. The molecule has 2 aromatic heterocycles. The van der Waals surface area contributed by atoms with Crippen molar-refractivity contribution >= 4 is 29.0 Å². The van der Waals surface area contributed by atoms with Gasteiger partial charge in [-0.1, -0.05) is 11.6 Å². The van der Waals surface area contributed by atoms with E-state index in [4.69, 9.17) is 21.1 Å². The second-order valence-corrected chi connectivity index (χ2v) is 6.87. The van der Waals surface area contributed by atoms with Crippen molar-refractivity contribution in [1.82, 2.24) is 9.97 Å². The number of nitrogens with zero attached hydrogens (tertiary/aromatic N) is 2. The Bertz CT molecular complexity index is 1230. The van der Waals surface area contributed by atoms with E-state index in [0.29, 0.717) is 6.07 Å². The number of hydrogen-bond donors (Lipinski definition) is 1. The molecule has 0 saturated heterocycles. The summed E-state index contributed by atoms with van der Waals surface area (Å²) < 4.78 is 65.3. The van der Waals surface area contributed by atoms with Crippen molar-refractivity contribution in [2.45, 2.75) is 13.1 Å². The van der Waals surface area contributed by atoms with Gasteiger partial charge in [-0.3, -0.25) is 14.6 Å². The number of rotatable bonds is 6. The van der Waals surface area contributed by atoms with Crippen LogP contribution < -0.4 is 14.8 Å². The Kier molecular flexibility index (Phi) is 6.82. The number of aromatic nitrogens is 2. The maximum atomic E-state index is 14.9. The smallest absolute Gasteiger partial charge is 0.419 e. The van der Waals surface area contributed by atoms with Gasteiger partial charge in [-0.2, -0.15) is 18.2 Å². The number of carbonyl (C=O) groups is 2. The third-order valence-electron chi connectivity index (χ3n) is 4.22. The summed E-state index contributed by atoms with van der Waals surface area (Å²) in [6, 6.07) is 6.30. The first kappa shape index (κ1) is 23.9. The Labute approximate surface area is 189 Å². The third-order valence-corrected chi connectivity index (χ3v) is 4.43. The van der Waals surface area contributed by atoms with Gasteiger partial charge >= 0.3 is 6.18 Å². The number of nitrogens with one attached hydrogen (secondary N) is 1. The minimum Gasteiger partial charge on any atom is -0.478 e. The average Bonchev–Trinajstić information content (AvgIpc) is 2.74. The number of ketones is 1. The molecule has 12 heteroatoms. The molecule has 0 aliphatic heterocycles. The number of alkyl halides is 3. The topological polar surface area (TPSA) is 90.4 Å². The molecular formula is C21H14ClF4N3O4. The molecule has 2 heterocycles. The third kappa shape index (κ3) is 5.37. The lowest BCUT2D eigenvalue weighted by molar-refractivity contribution is -0.140. The largest absolute Gasteiger partial charge is 0.478 e. The van der Waals surface area contributed by atoms with Crippen molar-refractivity contribution < 1.29 is 36.6 Å². The Morgan fingerprint density at radius 3 is 2.42 bits per heavy atom. The minimum atomic E-state index is -5.07. The molecular weight excluding hydrogens is 470 g/mol. The summed E-state index contributed by atoms with van der Waals surface area (Å²) in [6.45, 7) is 1.24. The number of methoxy groups -OCH3 is 1. The fourth-order valence-electron chi connectivity index (χ4n) is 2.72.